The first-order valence-corrected chi connectivity index (χ1v) is 8.08. The lowest BCUT2D eigenvalue weighted by Crippen LogP contribution is -2.45. The molecule has 0 aliphatic carbocycles. The van der Waals surface area contributed by atoms with E-state index >= 15 is 0 Å². The molecule has 1 aromatic carbocycles. The number of benzene rings is 1. The third kappa shape index (κ3) is 3.54. The number of hydrogen-bond acceptors (Lipinski definition) is 4. The second-order valence-electron chi connectivity index (χ2n) is 6.09. The van der Waals surface area contributed by atoms with Crippen LogP contribution in [0.2, 0.25) is 0 Å². The molecular formula is C17H25N5. The average Bonchev–Trinajstić information content (AvgIpc) is 3.02. The highest BCUT2D eigenvalue weighted by Crippen LogP contribution is 2.19. The maximum absolute atomic E-state index is 4.52. The van der Waals surface area contributed by atoms with Gasteiger partial charge in [-0.05, 0) is 26.0 Å². The molecule has 0 bridgehead atoms. The van der Waals surface area contributed by atoms with Crippen molar-refractivity contribution in [1.82, 2.24) is 24.6 Å². The third-order valence-corrected chi connectivity index (χ3v) is 4.56. The Morgan fingerprint density at radius 3 is 2.55 bits per heavy atom. The molecule has 22 heavy (non-hydrogen) atoms. The molecule has 2 aromatic rings. The Morgan fingerprint density at radius 1 is 1.09 bits per heavy atom. The summed E-state index contributed by atoms with van der Waals surface area (Å²) in [6, 6.07) is 10.9. The van der Waals surface area contributed by atoms with Crippen LogP contribution in [0.3, 0.4) is 0 Å². The number of rotatable bonds is 5. The lowest BCUT2D eigenvalue weighted by atomic mass is 10.1. The fraction of sp³-hybridized carbons (Fsp3) is 0.529. The van der Waals surface area contributed by atoms with E-state index in [1.54, 1.807) is 6.33 Å². The molecule has 0 saturated carbocycles. The first-order chi connectivity index (χ1) is 10.7. The molecule has 0 amide bonds. The van der Waals surface area contributed by atoms with Gasteiger partial charge >= 0.3 is 0 Å². The number of hydrogen-bond donors (Lipinski definition) is 0. The van der Waals surface area contributed by atoms with Crippen LogP contribution in [-0.2, 0) is 13.0 Å². The smallest absolute Gasteiger partial charge is 0.143 e. The van der Waals surface area contributed by atoms with Crippen molar-refractivity contribution >= 4 is 0 Å². The molecule has 1 aliphatic rings. The molecule has 118 valence electrons. The quantitative estimate of drug-likeness (QED) is 0.844. The Labute approximate surface area is 132 Å². The summed E-state index contributed by atoms with van der Waals surface area (Å²) in [5, 5.41) is 4.43. The molecule has 1 saturated heterocycles. The van der Waals surface area contributed by atoms with Crippen molar-refractivity contribution in [3.8, 4) is 0 Å². The van der Waals surface area contributed by atoms with E-state index in [1.807, 2.05) is 0 Å². The number of aromatic nitrogens is 3. The van der Waals surface area contributed by atoms with E-state index in [-0.39, 0.29) is 0 Å². The van der Waals surface area contributed by atoms with E-state index < -0.39 is 0 Å². The Balaban J connectivity index is 1.64. The number of likely N-dealkylation sites (N-methyl/N-ethyl adjacent to an activating group) is 1. The van der Waals surface area contributed by atoms with Gasteiger partial charge in [-0.3, -0.25) is 4.90 Å². The second-order valence-corrected chi connectivity index (χ2v) is 6.09. The van der Waals surface area contributed by atoms with Gasteiger partial charge in [0.2, 0.25) is 0 Å². The van der Waals surface area contributed by atoms with Crippen molar-refractivity contribution in [2.24, 2.45) is 0 Å². The summed E-state index contributed by atoms with van der Waals surface area (Å²) in [7, 11) is 2.18. The minimum absolute atomic E-state index is 0.326. The summed E-state index contributed by atoms with van der Waals surface area (Å²) in [6.07, 6.45) is 2.68. The van der Waals surface area contributed by atoms with E-state index in [2.05, 4.69) is 68.9 Å². The van der Waals surface area contributed by atoms with Crippen LogP contribution < -0.4 is 0 Å². The third-order valence-electron chi connectivity index (χ3n) is 4.56. The zero-order valence-electron chi connectivity index (χ0n) is 13.5. The maximum atomic E-state index is 4.52. The van der Waals surface area contributed by atoms with Crippen molar-refractivity contribution in [2.75, 3.05) is 33.2 Å². The monoisotopic (exact) mass is 299 g/mol. The van der Waals surface area contributed by atoms with Gasteiger partial charge in [0.1, 0.15) is 12.2 Å². The summed E-state index contributed by atoms with van der Waals surface area (Å²) in [6.45, 7) is 7.59. The maximum Gasteiger partial charge on any atom is 0.143 e. The molecule has 5 heteroatoms. The van der Waals surface area contributed by atoms with Crippen molar-refractivity contribution in [1.29, 1.82) is 0 Å². The first kappa shape index (κ1) is 15.2. The molecule has 0 spiro atoms. The van der Waals surface area contributed by atoms with Gasteiger partial charge in [-0.25, -0.2) is 9.67 Å². The molecule has 0 radical (unpaired) electrons. The van der Waals surface area contributed by atoms with Crippen LogP contribution in [0.15, 0.2) is 36.7 Å². The molecule has 1 atom stereocenters. The Hall–Kier alpha value is -1.72. The molecule has 0 N–H and O–H groups in total. The Kier molecular flexibility index (Phi) is 4.85. The van der Waals surface area contributed by atoms with E-state index in [4.69, 9.17) is 0 Å². The Morgan fingerprint density at radius 2 is 1.82 bits per heavy atom. The van der Waals surface area contributed by atoms with E-state index in [1.165, 1.54) is 5.56 Å². The van der Waals surface area contributed by atoms with Crippen LogP contribution in [-0.4, -0.2) is 57.8 Å². The fourth-order valence-electron chi connectivity index (χ4n) is 3.02. The highest BCUT2D eigenvalue weighted by atomic mass is 15.4. The van der Waals surface area contributed by atoms with Crippen LogP contribution in [0.5, 0.6) is 0 Å². The van der Waals surface area contributed by atoms with Gasteiger partial charge < -0.3 is 4.90 Å². The summed E-state index contributed by atoms with van der Waals surface area (Å²) in [5.41, 5.74) is 1.34. The van der Waals surface area contributed by atoms with Crippen LogP contribution in [0.4, 0.5) is 0 Å². The van der Waals surface area contributed by atoms with Crippen molar-refractivity contribution in [3.63, 3.8) is 0 Å². The first-order valence-electron chi connectivity index (χ1n) is 8.08. The lowest BCUT2D eigenvalue weighted by Gasteiger charge is -2.36. The number of piperazine rings is 1. The van der Waals surface area contributed by atoms with Crippen molar-refractivity contribution < 1.29 is 0 Å². The summed E-state index contributed by atoms with van der Waals surface area (Å²) < 4.78 is 2.07. The summed E-state index contributed by atoms with van der Waals surface area (Å²) >= 11 is 0. The molecule has 1 aromatic heterocycles. The minimum atomic E-state index is 0.326. The predicted molar refractivity (Wildman–Crippen MR) is 87.7 cm³/mol. The van der Waals surface area contributed by atoms with Gasteiger partial charge in [0.15, 0.2) is 0 Å². The van der Waals surface area contributed by atoms with Crippen molar-refractivity contribution in [3.05, 3.63) is 48.0 Å². The number of aryl methyl sites for hydroxylation is 2. The summed E-state index contributed by atoms with van der Waals surface area (Å²) in [4.78, 5) is 9.40. The van der Waals surface area contributed by atoms with Crippen LogP contribution in [0.1, 0.15) is 24.4 Å². The highest BCUT2D eigenvalue weighted by molar-refractivity contribution is 5.14. The highest BCUT2D eigenvalue weighted by Gasteiger charge is 2.23. The minimum Gasteiger partial charge on any atom is -0.304 e. The SMILES string of the molecule is C[C@H](c1ncnn1CCc1ccccc1)N1CCN(C)CC1. The van der Waals surface area contributed by atoms with Gasteiger partial charge in [0, 0.05) is 32.7 Å². The van der Waals surface area contributed by atoms with Gasteiger partial charge in [-0.2, -0.15) is 5.10 Å². The van der Waals surface area contributed by atoms with Gasteiger partial charge in [-0.15, -0.1) is 0 Å². The molecule has 5 nitrogen and oxygen atoms in total. The van der Waals surface area contributed by atoms with Gasteiger partial charge in [0.05, 0.1) is 6.04 Å². The van der Waals surface area contributed by atoms with E-state index in [9.17, 15) is 0 Å². The van der Waals surface area contributed by atoms with Crippen LogP contribution in [0, 0.1) is 0 Å². The normalized spacial score (nSPS) is 18.5. The largest absolute Gasteiger partial charge is 0.304 e. The second kappa shape index (κ2) is 7.03. The molecule has 0 unspecified atom stereocenters. The van der Waals surface area contributed by atoms with Crippen LogP contribution in [0.25, 0.3) is 0 Å². The fourth-order valence-corrected chi connectivity index (χ4v) is 3.02. The molecule has 2 heterocycles. The zero-order chi connectivity index (χ0) is 15.4. The standard InChI is InChI=1S/C17H25N5/c1-15(21-12-10-20(2)11-13-21)17-18-14-19-22(17)9-8-16-6-4-3-5-7-16/h3-7,14-15H,8-13H2,1-2H3/t15-/m1/s1. The predicted octanol–water partition coefficient (Wildman–Crippen LogP) is 1.83. The van der Waals surface area contributed by atoms with Gasteiger partial charge in [0.25, 0.3) is 0 Å². The van der Waals surface area contributed by atoms with Crippen molar-refractivity contribution in [2.45, 2.75) is 25.9 Å². The topological polar surface area (TPSA) is 37.2 Å². The summed E-state index contributed by atoms with van der Waals surface area (Å²) in [5.74, 6) is 1.08. The molecule has 1 aliphatic heterocycles. The Bertz CT molecular complexity index is 572. The molecule has 1 fully saturated rings. The zero-order valence-corrected chi connectivity index (χ0v) is 13.5. The lowest BCUT2D eigenvalue weighted by molar-refractivity contribution is 0.113. The molecular weight excluding hydrogens is 274 g/mol. The number of nitrogens with zero attached hydrogens (tertiary/aromatic N) is 5. The average molecular weight is 299 g/mol. The van der Waals surface area contributed by atoms with E-state index in [0.29, 0.717) is 6.04 Å². The van der Waals surface area contributed by atoms with Gasteiger partial charge in [-0.1, -0.05) is 30.3 Å². The molecule has 3 rings (SSSR count). The van der Waals surface area contributed by atoms with Crippen LogP contribution >= 0.6 is 0 Å². The van der Waals surface area contributed by atoms with E-state index in [0.717, 1.165) is 45.0 Å².